The largest absolute Gasteiger partial charge is 0.382 e. The Morgan fingerprint density at radius 3 is 2.12 bits per heavy atom. The van der Waals surface area contributed by atoms with Gasteiger partial charge in [0.25, 0.3) is 0 Å². The van der Waals surface area contributed by atoms with Crippen LogP contribution in [0.1, 0.15) is 0 Å². The quantitative estimate of drug-likeness (QED) is 0.423. The summed E-state index contributed by atoms with van der Waals surface area (Å²) in [5.74, 6) is -0.775. The molecular weight excluding hydrogens is 131 g/mol. The Morgan fingerprint density at radius 2 is 2.12 bits per heavy atom. The van der Waals surface area contributed by atoms with E-state index in [4.69, 9.17) is 10.8 Å². The first-order valence-electron chi connectivity index (χ1n) is 1.86. The van der Waals surface area contributed by atoms with Gasteiger partial charge in [0.15, 0.2) is 0 Å². The molecule has 1 unspecified atom stereocenters. The van der Waals surface area contributed by atoms with E-state index in [0.29, 0.717) is 0 Å². The lowest BCUT2D eigenvalue weighted by atomic mass is 10.3. The van der Waals surface area contributed by atoms with E-state index in [0.717, 1.165) is 0 Å². The van der Waals surface area contributed by atoms with E-state index >= 15 is 0 Å². The minimum absolute atomic E-state index is 0. The van der Waals surface area contributed by atoms with Gasteiger partial charge in [-0.2, -0.15) is 0 Å². The second-order valence-corrected chi connectivity index (χ2v) is 1.15. The fourth-order valence-corrected chi connectivity index (χ4v) is 0.116. The molecule has 0 saturated carbocycles. The molecule has 0 rings (SSSR count). The second kappa shape index (κ2) is 4.83. The second-order valence-electron chi connectivity index (χ2n) is 1.15. The smallest absolute Gasteiger partial charge is 0.247 e. The molecule has 0 fully saturated rings. The maximum absolute atomic E-state index is 9.82. The number of rotatable bonds is 2. The fraction of sp³-hybridized carbons (Fsp3) is 0.667. The summed E-state index contributed by atoms with van der Waals surface area (Å²) in [6, 6.07) is 0. The third-order valence-corrected chi connectivity index (χ3v) is 0.552. The first kappa shape index (κ1) is 10.6. The van der Waals surface area contributed by atoms with Crippen LogP contribution >= 0.6 is 12.4 Å². The predicted molar refractivity (Wildman–Crippen MR) is 31.5 cm³/mol. The molecule has 0 saturated heterocycles. The van der Waals surface area contributed by atoms with Crippen molar-refractivity contribution >= 4 is 18.3 Å². The number of aliphatic hydroxyl groups is 1. The molecule has 4 nitrogen and oxygen atoms in total. The molecule has 8 heavy (non-hydrogen) atoms. The molecule has 50 valence electrons. The van der Waals surface area contributed by atoms with E-state index in [2.05, 4.69) is 5.73 Å². The standard InChI is InChI=1S/C3H8N2O2.ClH/c4-1-2(6)3(5)7;/h2,6H,1,4H2,(H2,5,7);1H. The van der Waals surface area contributed by atoms with E-state index in [1.165, 1.54) is 0 Å². The van der Waals surface area contributed by atoms with Crippen LogP contribution in [-0.2, 0) is 4.79 Å². The lowest BCUT2D eigenvalue weighted by Crippen LogP contribution is -2.34. The van der Waals surface area contributed by atoms with Crippen molar-refractivity contribution in [3.63, 3.8) is 0 Å². The van der Waals surface area contributed by atoms with E-state index in [9.17, 15) is 4.79 Å². The van der Waals surface area contributed by atoms with Crippen molar-refractivity contribution in [1.82, 2.24) is 0 Å². The summed E-state index contributed by atoms with van der Waals surface area (Å²) in [4.78, 5) is 9.82. The lowest BCUT2D eigenvalue weighted by Gasteiger charge is -1.97. The normalized spacial score (nSPS) is 11.8. The molecule has 1 atom stereocenters. The maximum atomic E-state index is 9.82. The minimum Gasteiger partial charge on any atom is -0.382 e. The van der Waals surface area contributed by atoms with Gasteiger partial charge in [0.1, 0.15) is 6.10 Å². The van der Waals surface area contributed by atoms with Crippen molar-refractivity contribution in [1.29, 1.82) is 0 Å². The fourth-order valence-electron chi connectivity index (χ4n) is 0.116. The Morgan fingerprint density at radius 1 is 1.75 bits per heavy atom. The molecule has 0 heterocycles. The van der Waals surface area contributed by atoms with Gasteiger partial charge < -0.3 is 16.6 Å². The molecule has 5 N–H and O–H groups in total. The zero-order chi connectivity index (χ0) is 5.86. The number of hydrogen-bond donors (Lipinski definition) is 3. The van der Waals surface area contributed by atoms with Gasteiger partial charge in [-0.25, -0.2) is 0 Å². The number of primary amides is 1. The Labute approximate surface area is 53.3 Å². The van der Waals surface area contributed by atoms with E-state index < -0.39 is 12.0 Å². The van der Waals surface area contributed by atoms with Crippen molar-refractivity contribution < 1.29 is 9.90 Å². The van der Waals surface area contributed by atoms with Crippen molar-refractivity contribution in [3.8, 4) is 0 Å². The first-order valence-corrected chi connectivity index (χ1v) is 1.86. The van der Waals surface area contributed by atoms with Gasteiger partial charge in [0.2, 0.25) is 5.91 Å². The molecular formula is C3H9ClN2O2. The molecule has 1 amide bonds. The van der Waals surface area contributed by atoms with E-state index in [1.807, 2.05) is 0 Å². The molecule has 0 bridgehead atoms. The van der Waals surface area contributed by atoms with Crippen LogP contribution in [-0.4, -0.2) is 23.7 Å². The van der Waals surface area contributed by atoms with Crippen LogP contribution < -0.4 is 11.5 Å². The molecule has 0 aromatic heterocycles. The van der Waals surface area contributed by atoms with Crippen molar-refractivity contribution in [2.24, 2.45) is 11.5 Å². The Bertz CT molecular complexity index is 77.7. The Balaban J connectivity index is 0. The van der Waals surface area contributed by atoms with Crippen LogP contribution in [0.25, 0.3) is 0 Å². The van der Waals surface area contributed by atoms with Crippen LogP contribution in [0.5, 0.6) is 0 Å². The highest BCUT2D eigenvalue weighted by atomic mass is 35.5. The number of aliphatic hydroxyl groups excluding tert-OH is 1. The van der Waals surface area contributed by atoms with Crippen molar-refractivity contribution in [2.75, 3.05) is 6.54 Å². The highest BCUT2D eigenvalue weighted by Crippen LogP contribution is 1.70. The number of carbonyl (C=O) groups is 1. The van der Waals surface area contributed by atoms with Crippen LogP contribution in [0.3, 0.4) is 0 Å². The number of amides is 1. The van der Waals surface area contributed by atoms with Gasteiger partial charge in [-0.05, 0) is 0 Å². The minimum atomic E-state index is -1.18. The zero-order valence-electron chi connectivity index (χ0n) is 4.20. The van der Waals surface area contributed by atoms with E-state index in [-0.39, 0.29) is 19.0 Å². The van der Waals surface area contributed by atoms with Gasteiger partial charge in [-0.15, -0.1) is 12.4 Å². The average molecular weight is 141 g/mol. The van der Waals surface area contributed by atoms with Gasteiger partial charge in [-0.1, -0.05) is 0 Å². The molecule has 0 aliphatic rings. The molecule has 0 aliphatic carbocycles. The molecule has 0 spiro atoms. The summed E-state index contributed by atoms with van der Waals surface area (Å²) >= 11 is 0. The summed E-state index contributed by atoms with van der Waals surface area (Å²) in [6.07, 6.45) is -1.18. The average Bonchev–Trinajstić information content (AvgIpc) is 1.65. The number of nitrogens with two attached hydrogens (primary N) is 2. The maximum Gasteiger partial charge on any atom is 0.247 e. The highest BCUT2D eigenvalue weighted by molar-refractivity contribution is 5.85. The van der Waals surface area contributed by atoms with Gasteiger partial charge in [-0.3, -0.25) is 4.79 Å². The van der Waals surface area contributed by atoms with E-state index in [1.54, 1.807) is 0 Å². The Hall–Kier alpha value is -0.320. The summed E-state index contributed by atoms with van der Waals surface area (Å²) in [6.45, 7) is -0.102. The van der Waals surface area contributed by atoms with Crippen LogP contribution in [0.2, 0.25) is 0 Å². The molecule has 0 aliphatic heterocycles. The summed E-state index contributed by atoms with van der Waals surface area (Å²) in [7, 11) is 0. The third kappa shape index (κ3) is 3.86. The molecule has 0 radical (unpaired) electrons. The highest BCUT2D eigenvalue weighted by Gasteiger charge is 2.05. The summed E-state index contributed by atoms with van der Waals surface area (Å²) < 4.78 is 0. The number of carbonyl (C=O) groups excluding carboxylic acids is 1. The van der Waals surface area contributed by atoms with Gasteiger partial charge in [0, 0.05) is 6.54 Å². The van der Waals surface area contributed by atoms with Crippen molar-refractivity contribution in [3.05, 3.63) is 0 Å². The van der Waals surface area contributed by atoms with Crippen LogP contribution in [0, 0.1) is 0 Å². The topological polar surface area (TPSA) is 89.3 Å². The Kier molecular flexibility index (Phi) is 6.41. The van der Waals surface area contributed by atoms with Crippen LogP contribution in [0.4, 0.5) is 0 Å². The monoisotopic (exact) mass is 140 g/mol. The number of hydrogen-bond acceptors (Lipinski definition) is 3. The summed E-state index contributed by atoms with van der Waals surface area (Å²) in [5.41, 5.74) is 9.40. The van der Waals surface area contributed by atoms with Gasteiger partial charge in [0.05, 0.1) is 0 Å². The molecule has 0 aromatic carbocycles. The third-order valence-electron chi connectivity index (χ3n) is 0.552. The SMILES string of the molecule is Cl.NCC(O)C(N)=O. The zero-order valence-corrected chi connectivity index (χ0v) is 5.02. The summed E-state index contributed by atoms with van der Waals surface area (Å²) in [5, 5.41) is 8.34. The number of halogens is 1. The van der Waals surface area contributed by atoms with Gasteiger partial charge >= 0.3 is 0 Å². The first-order chi connectivity index (χ1) is 3.18. The van der Waals surface area contributed by atoms with Crippen LogP contribution in [0.15, 0.2) is 0 Å². The molecule has 5 heteroatoms. The predicted octanol–water partition coefficient (Wildman–Crippen LogP) is -1.79. The molecule has 0 aromatic rings. The van der Waals surface area contributed by atoms with Crippen molar-refractivity contribution in [2.45, 2.75) is 6.10 Å². The lowest BCUT2D eigenvalue weighted by molar-refractivity contribution is -0.125.